The summed E-state index contributed by atoms with van der Waals surface area (Å²) in [5.41, 5.74) is 0. The molecular formula is C68H124NO8+. The van der Waals surface area contributed by atoms with E-state index in [2.05, 4.69) is 74.6 Å². The number of aliphatic carboxylic acids is 1. The Kier molecular flexibility index (Phi) is 56.8. The number of rotatable bonds is 60. The number of carbonyl (C=O) groups is 3. The van der Waals surface area contributed by atoms with Crippen molar-refractivity contribution >= 4 is 17.9 Å². The van der Waals surface area contributed by atoms with Crippen LogP contribution in [0.2, 0.25) is 0 Å². The summed E-state index contributed by atoms with van der Waals surface area (Å²) in [5, 5.41) is 9.72. The van der Waals surface area contributed by atoms with Crippen molar-refractivity contribution in [2.45, 2.75) is 309 Å². The Labute approximate surface area is 475 Å². The first-order valence-electron chi connectivity index (χ1n) is 32.5. The second-order valence-electron chi connectivity index (χ2n) is 23.1. The van der Waals surface area contributed by atoms with Gasteiger partial charge in [0.1, 0.15) is 13.2 Å². The zero-order valence-corrected chi connectivity index (χ0v) is 51.1. The molecule has 2 unspecified atom stereocenters. The topological polar surface area (TPSA) is 108 Å². The van der Waals surface area contributed by atoms with Crippen LogP contribution in [0.4, 0.5) is 0 Å². The van der Waals surface area contributed by atoms with E-state index in [9.17, 15) is 19.5 Å². The molecule has 0 aromatic carbocycles. The van der Waals surface area contributed by atoms with E-state index in [1.165, 1.54) is 180 Å². The molecule has 0 aromatic rings. The number of allylic oxidation sites excluding steroid dienone is 10. The van der Waals surface area contributed by atoms with Crippen LogP contribution in [0.3, 0.4) is 0 Å². The molecule has 0 saturated heterocycles. The van der Waals surface area contributed by atoms with Crippen LogP contribution in [-0.4, -0.2) is 87.4 Å². The molecule has 0 aliphatic rings. The Morgan fingerprint density at radius 2 is 0.740 bits per heavy atom. The van der Waals surface area contributed by atoms with E-state index in [1.54, 1.807) is 0 Å². The lowest BCUT2D eigenvalue weighted by molar-refractivity contribution is -0.870. The number of hydrogen-bond acceptors (Lipinski definition) is 7. The van der Waals surface area contributed by atoms with Crippen LogP contribution < -0.4 is 0 Å². The van der Waals surface area contributed by atoms with Gasteiger partial charge in [-0.15, -0.1) is 0 Å². The van der Waals surface area contributed by atoms with E-state index in [-0.39, 0.29) is 32.2 Å². The van der Waals surface area contributed by atoms with E-state index < -0.39 is 24.3 Å². The first kappa shape index (κ1) is 74.0. The molecule has 9 nitrogen and oxygen atoms in total. The molecule has 0 heterocycles. The van der Waals surface area contributed by atoms with Crippen molar-refractivity contribution < 1.29 is 42.9 Å². The lowest BCUT2D eigenvalue weighted by Gasteiger charge is -2.25. The largest absolute Gasteiger partial charge is 0.477 e. The van der Waals surface area contributed by atoms with Gasteiger partial charge in [-0.05, 0) is 57.8 Å². The highest BCUT2D eigenvalue weighted by atomic mass is 16.7. The Bertz CT molecular complexity index is 1450. The van der Waals surface area contributed by atoms with Crippen molar-refractivity contribution in [1.29, 1.82) is 0 Å². The minimum Gasteiger partial charge on any atom is -0.477 e. The van der Waals surface area contributed by atoms with Gasteiger partial charge in [0, 0.05) is 12.8 Å². The number of unbranched alkanes of at least 4 members (excludes halogenated alkanes) is 35. The zero-order chi connectivity index (χ0) is 56.2. The van der Waals surface area contributed by atoms with Crippen molar-refractivity contribution in [3.63, 3.8) is 0 Å². The quantitative estimate of drug-likeness (QED) is 0.0211. The molecule has 0 spiro atoms. The van der Waals surface area contributed by atoms with Crippen molar-refractivity contribution in [3.05, 3.63) is 60.8 Å². The van der Waals surface area contributed by atoms with Gasteiger partial charge in [0.25, 0.3) is 6.29 Å². The van der Waals surface area contributed by atoms with Gasteiger partial charge in [-0.3, -0.25) is 9.59 Å². The Hall–Kier alpha value is -3.01. The summed E-state index contributed by atoms with van der Waals surface area (Å²) >= 11 is 0. The lowest BCUT2D eigenvalue weighted by Crippen LogP contribution is -2.40. The second kappa shape index (κ2) is 59.1. The van der Waals surface area contributed by atoms with Crippen LogP contribution in [-0.2, 0) is 33.3 Å². The van der Waals surface area contributed by atoms with Crippen molar-refractivity contribution in [2.75, 3.05) is 47.5 Å². The number of ether oxygens (including phenoxy) is 4. The van der Waals surface area contributed by atoms with Crippen LogP contribution in [0.15, 0.2) is 60.8 Å². The first-order chi connectivity index (χ1) is 37.6. The lowest BCUT2D eigenvalue weighted by atomic mass is 10.0. The van der Waals surface area contributed by atoms with Crippen LogP contribution >= 0.6 is 0 Å². The predicted molar refractivity (Wildman–Crippen MR) is 327 cm³/mol. The fraction of sp³-hybridized carbons (Fsp3) is 0.809. The van der Waals surface area contributed by atoms with E-state index in [4.69, 9.17) is 18.9 Å². The van der Waals surface area contributed by atoms with Gasteiger partial charge in [-0.1, -0.05) is 286 Å². The smallest absolute Gasteiger partial charge is 0.361 e. The number of quaternary nitrogens is 1. The van der Waals surface area contributed by atoms with Crippen molar-refractivity contribution in [1.82, 2.24) is 0 Å². The third-order valence-electron chi connectivity index (χ3n) is 14.3. The van der Waals surface area contributed by atoms with Crippen LogP contribution in [0.1, 0.15) is 296 Å². The van der Waals surface area contributed by atoms with E-state index in [1.807, 2.05) is 21.1 Å². The van der Waals surface area contributed by atoms with E-state index in [0.717, 1.165) is 83.5 Å². The van der Waals surface area contributed by atoms with Gasteiger partial charge >= 0.3 is 17.9 Å². The van der Waals surface area contributed by atoms with Crippen molar-refractivity contribution in [3.8, 4) is 0 Å². The molecule has 0 radical (unpaired) electrons. The number of carboxylic acid groups (broad SMARTS) is 1. The van der Waals surface area contributed by atoms with Gasteiger partial charge in [0.05, 0.1) is 34.4 Å². The first-order valence-corrected chi connectivity index (χ1v) is 32.5. The van der Waals surface area contributed by atoms with Gasteiger partial charge in [0.2, 0.25) is 0 Å². The maximum Gasteiger partial charge on any atom is 0.361 e. The summed E-state index contributed by atoms with van der Waals surface area (Å²) in [6.07, 6.45) is 73.3. The predicted octanol–water partition coefficient (Wildman–Crippen LogP) is 19.6. The third-order valence-corrected chi connectivity index (χ3v) is 14.3. The average Bonchev–Trinajstić information content (AvgIpc) is 3.40. The highest BCUT2D eigenvalue weighted by molar-refractivity contribution is 5.71. The van der Waals surface area contributed by atoms with Crippen LogP contribution in [0.5, 0.6) is 0 Å². The van der Waals surface area contributed by atoms with Crippen LogP contribution in [0, 0.1) is 0 Å². The Balaban J connectivity index is 4.12. The number of hydrogen-bond donors (Lipinski definition) is 1. The molecule has 0 fully saturated rings. The fourth-order valence-corrected chi connectivity index (χ4v) is 9.34. The Morgan fingerprint density at radius 1 is 0.403 bits per heavy atom. The highest BCUT2D eigenvalue weighted by Crippen LogP contribution is 2.18. The highest BCUT2D eigenvalue weighted by Gasteiger charge is 2.25. The standard InChI is InChI=1S/C68H123NO8/c1-6-8-10-12-14-16-18-20-22-24-26-28-29-30-31-32-33-34-35-36-37-39-40-42-44-46-48-50-52-54-56-58-65(70)75-62-64(63-76-68(67(72)73)74-61-60-69(3,4)5)77-66(71)59-57-55-53-51-49-47-45-43-41-38-27-25-23-21-19-17-15-13-11-9-7-2/h9,11,15,17,21,23,27,38,43,45,64,68H,6-8,10,12-14,16,18-20,22,24-26,28-37,39-42,44,46-63H2,1-5H3/p+1/b11-9-,17-15-,23-21-,38-27-,45-43-. The Morgan fingerprint density at radius 3 is 1.10 bits per heavy atom. The molecule has 1 N–H and O–H groups in total. The molecule has 0 aliphatic heterocycles. The van der Waals surface area contributed by atoms with Crippen molar-refractivity contribution in [2.24, 2.45) is 0 Å². The van der Waals surface area contributed by atoms with Gasteiger partial charge in [0.15, 0.2) is 6.10 Å². The second-order valence-corrected chi connectivity index (χ2v) is 23.1. The maximum absolute atomic E-state index is 12.9. The SMILES string of the molecule is CC/C=C\C/C=C\C/C=C\C/C=C\C/C=C\CCCCCCCC(=O)OC(COC(=O)CCCCCCCCCCCCCCCCCCCCCCCCCCCCCCCCC)COC(OCC[N+](C)(C)C)C(=O)O. The summed E-state index contributed by atoms with van der Waals surface area (Å²) in [6.45, 7) is 4.78. The molecule has 0 bridgehead atoms. The van der Waals surface area contributed by atoms with E-state index in [0.29, 0.717) is 23.9 Å². The number of likely N-dealkylation sites (N-methyl/N-ethyl adjacent to an activating group) is 1. The van der Waals surface area contributed by atoms with Gasteiger partial charge < -0.3 is 28.5 Å². The van der Waals surface area contributed by atoms with Crippen LogP contribution in [0.25, 0.3) is 0 Å². The number of carboxylic acids is 1. The van der Waals surface area contributed by atoms with Gasteiger partial charge in [-0.2, -0.15) is 0 Å². The average molecular weight is 1080 g/mol. The third kappa shape index (κ3) is 60.5. The molecule has 0 saturated carbocycles. The fourth-order valence-electron chi connectivity index (χ4n) is 9.34. The summed E-state index contributed by atoms with van der Waals surface area (Å²) in [6, 6.07) is 0. The molecule has 77 heavy (non-hydrogen) atoms. The molecule has 9 heteroatoms. The number of esters is 2. The maximum atomic E-state index is 12.9. The van der Waals surface area contributed by atoms with E-state index >= 15 is 0 Å². The zero-order valence-electron chi connectivity index (χ0n) is 51.1. The molecule has 0 rings (SSSR count). The molecule has 0 amide bonds. The summed E-state index contributed by atoms with van der Waals surface area (Å²) in [7, 11) is 5.97. The molecule has 0 aliphatic carbocycles. The summed E-state index contributed by atoms with van der Waals surface area (Å²) in [5.74, 6) is -2.02. The monoisotopic (exact) mass is 1080 g/mol. The number of carbonyl (C=O) groups excluding carboxylic acids is 2. The minimum atomic E-state index is -1.52. The molecule has 0 aromatic heterocycles. The molecule has 2 atom stereocenters. The summed E-state index contributed by atoms with van der Waals surface area (Å²) < 4.78 is 22.9. The summed E-state index contributed by atoms with van der Waals surface area (Å²) in [4.78, 5) is 37.5. The minimum absolute atomic E-state index is 0.182. The number of nitrogens with zero attached hydrogens (tertiary/aromatic N) is 1. The molecule has 448 valence electrons. The molecular weight excluding hydrogens is 959 g/mol. The normalized spacial score (nSPS) is 13.1. The van der Waals surface area contributed by atoms with Gasteiger partial charge in [-0.25, -0.2) is 4.79 Å².